The third kappa shape index (κ3) is 10.1. The maximum Gasteiger partial charge on any atom is 0.414 e. The lowest BCUT2D eigenvalue weighted by Gasteiger charge is -2.24. The Morgan fingerprint density at radius 3 is 2.70 bits per heavy atom. The first-order chi connectivity index (χ1) is 21.3. The molecule has 12 heteroatoms. The quantitative estimate of drug-likeness (QED) is 0.0851. The van der Waals surface area contributed by atoms with Gasteiger partial charge in [-0.25, -0.2) is 9.79 Å². The number of aliphatic hydroxyl groups excluding tert-OH is 1. The molecular formula is C32H46N6O6. The normalized spacial score (nSPS) is 18.4. The van der Waals surface area contributed by atoms with Crippen molar-refractivity contribution in [3.8, 4) is 0 Å². The third-order valence-electron chi connectivity index (χ3n) is 7.83. The molecule has 0 bridgehead atoms. The van der Waals surface area contributed by atoms with Crippen LogP contribution in [0.5, 0.6) is 0 Å². The van der Waals surface area contributed by atoms with Crippen molar-refractivity contribution in [2.24, 2.45) is 16.6 Å². The fourth-order valence-corrected chi connectivity index (χ4v) is 5.27. The molecule has 1 fully saturated rings. The number of nitro groups is 1. The maximum absolute atomic E-state index is 13.2. The second-order valence-electron chi connectivity index (χ2n) is 10.9. The Kier molecular flexibility index (Phi) is 14.2. The molecule has 3 rings (SSSR count). The number of allylic oxidation sites excluding steroid dienone is 2. The molecular weight excluding hydrogens is 564 g/mol. The highest BCUT2D eigenvalue weighted by molar-refractivity contribution is 5.71. The molecule has 3 N–H and O–H groups in total. The van der Waals surface area contributed by atoms with E-state index >= 15 is 0 Å². The highest BCUT2D eigenvalue weighted by atomic mass is 16.6. The molecule has 2 aliphatic rings. The Hall–Kier alpha value is -3.87. The van der Waals surface area contributed by atoms with Crippen molar-refractivity contribution in [1.29, 1.82) is 0 Å². The topological polar surface area (TPSA) is 157 Å². The monoisotopic (exact) mass is 610 g/mol. The van der Waals surface area contributed by atoms with E-state index in [2.05, 4.69) is 39.8 Å². The van der Waals surface area contributed by atoms with Crippen LogP contribution in [0.4, 0.5) is 4.79 Å². The standard InChI is InChI=1S/C32H46N6O6/c1-4-24(14-18-39)23-43-19-15-29(30(38(41)42)31(33)34-3)37(32(40)44-5-2)22-26-10-13-28(35-20-26)27-11-8-25(9-12-27)21-36-16-6-7-17-36/h8-11,13,15,20,24,27,39H,3-7,12,14,16-19,21-23,33H2,1-2H3/b29-15+,31-30+. The summed E-state index contributed by atoms with van der Waals surface area (Å²) in [5, 5.41) is 21.4. The molecule has 2 atom stereocenters. The number of likely N-dealkylation sites (tertiary alicyclic amines) is 1. The molecule has 240 valence electrons. The molecule has 1 aromatic rings. The van der Waals surface area contributed by atoms with Gasteiger partial charge in [-0.05, 0) is 81.6 Å². The van der Waals surface area contributed by atoms with Crippen molar-refractivity contribution in [2.45, 2.75) is 58.4 Å². The van der Waals surface area contributed by atoms with E-state index in [1.54, 1.807) is 13.1 Å². The molecule has 2 unspecified atom stereocenters. The lowest BCUT2D eigenvalue weighted by molar-refractivity contribution is -0.423. The van der Waals surface area contributed by atoms with Gasteiger partial charge in [0, 0.05) is 37.6 Å². The molecule has 2 heterocycles. The van der Waals surface area contributed by atoms with Gasteiger partial charge in [0.2, 0.25) is 5.82 Å². The zero-order valence-electron chi connectivity index (χ0n) is 25.9. The number of hydrogen-bond donors (Lipinski definition) is 2. The Morgan fingerprint density at radius 1 is 1.36 bits per heavy atom. The summed E-state index contributed by atoms with van der Waals surface area (Å²) in [6.07, 6.45) is 13.7. The highest BCUT2D eigenvalue weighted by Gasteiger charge is 2.32. The van der Waals surface area contributed by atoms with Crippen molar-refractivity contribution in [2.75, 3.05) is 46.1 Å². The predicted molar refractivity (Wildman–Crippen MR) is 169 cm³/mol. The molecule has 1 aromatic heterocycles. The Labute approximate surface area is 259 Å². The molecule has 0 radical (unpaired) electrons. The van der Waals surface area contributed by atoms with Crippen LogP contribution in [0.25, 0.3) is 0 Å². The molecule has 0 spiro atoms. The van der Waals surface area contributed by atoms with Gasteiger partial charge in [-0.2, -0.15) is 0 Å². The van der Waals surface area contributed by atoms with Crippen LogP contribution in [0, 0.1) is 16.0 Å². The van der Waals surface area contributed by atoms with Crippen molar-refractivity contribution >= 4 is 12.8 Å². The number of carbonyl (C=O) groups excluding carboxylic acids is 1. The van der Waals surface area contributed by atoms with Crippen molar-refractivity contribution in [1.82, 2.24) is 14.8 Å². The summed E-state index contributed by atoms with van der Waals surface area (Å²) in [5.74, 6) is -0.184. The summed E-state index contributed by atoms with van der Waals surface area (Å²) in [6, 6.07) is 3.76. The van der Waals surface area contributed by atoms with E-state index in [-0.39, 0.29) is 43.9 Å². The molecule has 44 heavy (non-hydrogen) atoms. The van der Waals surface area contributed by atoms with E-state index in [1.807, 2.05) is 19.1 Å². The van der Waals surface area contributed by atoms with Gasteiger partial charge < -0.3 is 20.3 Å². The number of carbonyl (C=O) groups is 1. The van der Waals surface area contributed by atoms with E-state index in [0.29, 0.717) is 18.6 Å². The molecule has 1 amide bonds. The van der Waals surface area contributed by atoms with Gasteiger partial charge in [0.05, 0.1) is 24.7 Å². The van der Waals surface area contributed by atoms with Crippen LogP contribution in [-0.2, 0) is 16.0 Å². The summed E-state index contributed by atoms with van der Waals surface area (Å²) in [4.78, 5) is 36.5. The Morgan fingerprint density at radius 2 is 2.14 bits per heavy atom. The first-order valence-corrected chi connectivity index (χ1v) is 15.3. The largest absolute Gasteiger partial charge is 0.449 e. The predicted octanol–water partition coefficient (Wildman–Crippen LogP) is 4.52. The average molecular weight is 611 g/mol. The number of hydrogen-bond acceptors (Lipinski definition) is 10. The van der Waals surface area contributed by atoms with Crippen molar-refractivity contribution < 1.29 is 24.3 Å². The van der Waals surface area contributed by atoms with Crippen LogP contribution >= 0.6 is 0 Å². The van der Waals surface area contributed by atoms with Crippen LogP contribution < -0.4 is 5.73 Å². The van der Waals surface area contributed by atoms with Gasteiger partial charge in [-0.15, -0.1) is 0 Å². The minimum absolute atomic E-state index is 0.0374. The number of aromatic nitrogens is 1. The number of rotatable bonds is 17. The van der Waals surface area contributed by atoms with E-state index in [1.165, 1.54) is 24.5 Å². The SMILES string of the molecule is C=N/C(N)=C(\C(=C/COCC(CC)CCO)N(Cc1ccc(C2C=CC(CN3CCCC3)=CC2)nc1)C(=O)OCC)[N+](=O)[O-]. The van der Waals surface area contributed by atoms with Crippen molar-refractivity contribution in [3.63, 3.8) is 0 Å². The Balaban J connectivity index is 1.81. The minimum atomic E-state index is -0.795. The van der Waals surface area contributed by atoms with Crippen molar-refractivity contribution in [3.05, 3.63) is 86.8 Å². The molecule has 1 saturated heterocycles. The second kappa shape index (κ2) is 18.1. The number of aliphatic hydroxyl groups is 1. The van der Waals surface area contributed by atoms with Crippen LogP contribution in [0.2, 0.25) is 0 Å². The van der Waals surface area contributed by atoms with E-state index < -0.39 is 22.5 Å². The number of nitrogens with two attached hydrogens (primary N) is 1. The Bertz CT molecular complexity index is 1240. The number of ether oxygens (including phenoxy) is 2. The minimum Gasteiger partial charge on any atom is -0.449 e. The third-order valence-corrected chi connectivity index (χ3v) is 7.83. The van der Waals surface area contributed by atoms with Gasteiger partial charge in [-0.1, -0.05) is 37.6 Å². The van der Waals surface area contributed by atoms with Gasteiger partial charge in [-0.3, -0.25) is 24.9 Å². The van der Waals surface area contributed by atoms with Gasteiger partial charge in [0.15, 0.2) is 0 Å². The first-order valence-electron chi connectivity index (χ1n) is 15.3. The van der Waals surface area contributed by atoms with E-state index in [0.717, 1.165) is 43.1 Å². The molecule has 0 aromatic carbocycles. The van der Waals surface area contributed by atoms with Gasteiger partial charge >= 0.3 is 11.8 Å². The summed E-state index contributed by atoms with van der Waals surface area (Å²) in [6.45, 7) is 10.6. The zero-order valence-corrected chi connectivity index (χ0v) is 25.9. The fraction of sp³-hybridized carbons (Fsp3) is 0.531. The molecule has 1 aliphatic heterocycles. The number of amides is 1. The molecule has 0 saturated carbocycles. The average Bonchev–Trinajstić information content (AvgIpc) is 3.54. The summed E-state index contributed by atoms with van der Waals surface area (Å²) in [7, 11) is 0. The number of pyridine rings is 1. The number of aliphatic imine (C=N–C) groups is 1. The lowest BCUT2D eigenvalue weighted by Crippen LogP contribution is -2.34. The highest BCUT2D eigenvalue weighted by Crippen LogP contribution is 2.28. The second-order valence-corrected chi connectivity index (χ2v) is 10.9. The van der Waals surface area contributed by atoms with E-state index in [9.17, 15) is 20.0 Å². The van der Waals surface area contributed by atoms with Crippen LogP contribution in [-0.4, -0.2) is 83.7 Å². The van der Waals surface area contributed by atoms with Crippen LogP contribution in [0.15, 0.2) is 70.4 Å². The first kappa shape index (κ1) is 34.6. The smallest absolute Gasteiger partial charge is 0.414 e. The summed E-state index contributed by atoms with van der Waals surface area (Å²) < 4.78 is 11.0. The summed E-state index contributed by atoms with van der Waals surface area (Å²) >= 11 is 0. The molecule has 12 nitrogen and oxygen atoms in total. The maximum atomic E-state index is 13.2. The molecule has 1 aliphatic carbocycles. The fourth-order valence-electron chi connectivity index (χ4n) is 5.27. The summed E-state index contributed by atoms with van der Waals surface area (Å²) in [5.41, 5.74) is 8.04. The van der Waals surface area contributed by atoms with Crippen LogP contribution in [0.3, 0.4) is 0 Å². The van der Waals surface area contributed by atoms with Gasteiger partial charge in [0.1, 0.15) is 5.70 Å². The lowest BCUT2D eigenvalue weighted by atomic mass is 9.93. The number of nitrogens with zero attached hydrogens (tertiary/aromatic N) is 5. The van der Waals surface area contributed by atoms with Gasteiger partial charge in [0.25, 0.3) is 0 Å². The van der Waals surface area contributed by atoms with E-state index in [4.69, 9.17) is 15.2 Å². The van der Waals surface area contributed by atoms with Crippen LogP contribution in [0.1, 0.15) is 63.1 Å². The zero-order chi connectivity index (χ0) is 31.9.